The lowest BCUT2D eigenvalue weighted by Gasteiger charge is -2.27. The first kappa shape index (κ1) is 22.8. The number of aliphatic imine (C=N–C) groups is 1. The number of likely N-dealkylation sites (tertiary alicyclic amines) is 1. The van der Waals surface area contributed by atoms with Gasteiger partial charge >= 0.3 is 0 Å². The number of nitrogens with zero attached hydrogens (tertiary/aromatic N) is 2. The Morgan fingerprint density at radius 1 is 1.09 bits per heavy atom. The number of thioether (sulfide) groups is 1. The smallest absolute Gasteiger partial charge is 0.262 e. The van der Waals surface area contributed by atoms with Crippen molar-refractivity contribution in [3.63, 3.8) is 0 Å². The van der Waals surface area contributed by atoms with Gasteiger partial charge in [0.2, 0.25) is 5.91 Å². The summed E-state index contributed by atoms with van der Waals surface area (Å²) in [6.45, 7) is 1.81. The number of anilines is 2. The molecule has 172 valence electrons. The maximum Gasteiger partial charge on any atom is 0.262 e. The van der Waals surface area contributed by atoms with E-state index in [1.165, 1.54) is 25.3 Å². The minimum Gasteiger partial charge on any atom is -0.495 e. The number of benzene rings is 2. The Bertz CT molecular complexity index is 1080. The third kappa shape index (κ3) is 5.73. The van der Waals surface area contributed by atoms with Crippen LogP contribution in [0.25, 0.3) is 0 Å². The van der Waals surface area contributed by atoms with Gasteiger partial charge in [-0.3, -0.25) is 14.4 Å². The number of piperidine rings is 1. The molecule has 1 saturated heterocycles. The molecule has 0 saturated carbocycles. The van der Waals surface area contributed by atoms with Crippen LogP contribution in [0.5, 0.6) is 5.75 Å². The largest absolute Gasteiger partial charge is 0.495 e. The van der Waals surface area contributed by atoms with Crippen molar-refractivity contribution in [1.29, 1.82) is 0 Å². The molecule has 1 unspecified atom stereocenters. The van der Waals surface area contributed by atoms with Crippen LogP contribution in [0, 0.1) is 0 Å². The molecule has 8 nitrogen and oxygen atoms in total. The van der Waals surface area contributed by atoms with Gasteiger partial charge in [0.15, 0.2) is 5.17 Å². The Morgan fingerprint density at radius 3 is 2.67 bits per heavy atom. The van der Waals surface area contributed by atoms with E-state index >= 15 is 0 Å². The van der Waals surface area contributed by atoms with Crippen LogP contribution >= 0.6 is 11.8 Å². The summed E-state index contributed by atoms with van der Waals surface area (Å²) in [7, 11) is 1.54. The van der Waals surface area contributed by atoms with Gasteiger partial charge in [-0.15, -0.1) is 0 Å². The van der Waals surface area contributed by atoms with Crippen LogP contribution in [0.15, 0.2) is 53.5 Å². The Kier molecular flexibility index (Phi) is 7.29. The second-order valence-electron chi connectivity index (χ2n) is 7.87. The number of hydrogen-bond donors (Lipinski definition) is 2. The third-order valence-electron chi connectivity index (χ3n) is 5.49. The van der Waals surface area contributed by atoms with Crippen LogP contribution in [0.2, 0.25) is 0 Å². The zero-order chi connectivity index (χ0) is 23.2. The zero-order valence-electron chi connectivity index (χ0n) is 18.4. The molecule has 2 heterocycles. The number of rotatable bonds is 6. The van der Waals surface area contributed by atoms with E-state index in [0.29, 0.717) is 22.7 Å². The monoisotopic (exact) mass is 466 g/mol. The lowest BCUT2D eigenvalue weighted by Crippen LogP contribution is -2.33. The van der Waals surface area contributed by atoms with Gasteiger partial charge in [0.1, 0.15) is 11.0 Å². The molecule has 0 radical (unpaired) electrons. The van der Waals surface area contributed by atoms with E-state index in [1.807, 2.05) is 6.07 Å². The number of methoxy groups -OCH3 is 1. The molecule has 2 aliphatic rings. The zero-order valence-corrected chi connectivity index (χ0v) is 19.2. The number of hydrogen-bond acceptors (Lipinski definition) is 6. The van der Waals surface area contributed by atoms with Crippen molar-refractivity contribution >= 4 is 46.0 Å². The fourth-order valence-corrected chi connectivity index (χ4v) is 4.91. The van der Waals surface area contributed by atoms with Crippen molar-refractivity contribution in [2.24, 2.45) is 4.99 Å². The van der Waals surface area contributed by atoms with Crippen molar-refractivity contribution in [1.82, 2.24) is 4.90 Å². The second-order valence-corrected chi connectivity index (χ2v) is 9.04. The average Bonchev–Trinajstić information content (AvgIpc) is 3.20. The summed E-state index contributed by atoms with van der Waals surface area (Å²) in [4.78, 5) is 43.9. The van der Waals surface area contributed by atoms with E-state index in [9.17, 15) is 14.4 Å². The summed E-state index contributed by atoms with van der Waals surface area (Å²) in [6.07, 6.45) is 3.42. The molecule has 0 bridgehead atoms. The predicted molar refractivity (Wildman–Crippen MR) is 130 cm³/mol. The summed E-state index contributed by atoms with van der Waals surface area (Å²) in [5, 5.41) is 5.82. The minimum absolute atomic E-state index is 0.0297. The van der Waals surface area contributed by atoms with Crippen LogP contribution in [0.3, 0.4) is 0 Å². The molecule has 9 heteroatoms. The van der Waals surface area contributed by atoms with Crippen molar-refractivity contribution in [2.75, 3.05) is 30.8 Å². The summed E-state index contributed by atoms with van der Waals surface area (Å²) in [5.74, 6) is -0.323. The maximum absolute atomic E-state index is 12.7. The quantitative estimate of drug-likeness (QED) is 0.672. The number of amidine groups is 1. The molecule has 2 aromatic carbocycles. The van der Waals surface area contributed by atoms with Crippen molar-refractivity contribution in [3.8, 4) is 5.75 Å². The first-order valence-electron chi connectivity index (χ1n) is 10.9. The number of para-hydroxylation sites is 2. The van der Waals surface area contributed by atoms with Gasteiger partial charge < -0.3 is 20.3 Å². The highest BCUT2D eigenvalue weighted by molar-refractivity contribution is 8.15. The van der Waals surface area contributed by atoms with Crippen LogP contribution < -0.4 is 15.4 Å². The number of nitrogens with one attached hydrogen (secondary N) is 2. The molecule has 0 spiro atoms. The van der Waals surface area contributed by atoms with E-state index in [-0.39, 0.29) is 24.1 Å². The number of carbonyl (C=O) groups excluding carboxylic acids is 3. The topological polar surface area (TPSA) is 100 Å². The van der Waals surface area contributed by atoms with Gasteiger partial charge in [0.05, 0.1) is 12.8 Å². The van der Waals surface area contributed by atoms with Gasteiger partial charge in [0.25, 0.3) is 11.8 Å². The molecule has 4 rings (SSSR count). The van der Waals surface area contributed by atoms with Crippen LogP contribution in [-0.2, 0) is 9.59 Å². The van der Waals surface area contributed by atoms with Crippen LogP contribution in [0.4, 0.5) is 11.4 Å². The molecule has 0 aliphatic carbocycles. The standard InChI is InChI=1S/C24H26N4O4S/c1-32-19-11-4-3-10-18(19)26-22(30)16-8-7-9-17(14-16)25-21(29)15-20-23(31)27-24(33-20)28-12-5-2-6-13-28/h3-4,7-11,14,20H,2,5-6,12-13,15H2,1H3,(H,25,29)(H,26,30). The lowest BCUT2D eigenvalue weighted by molar-refractivity contribution is -0.121. The van der Waals surface area contributed by atoms with Gasteiger partial charge in [-0.2, -0.15) is 4.99 Å². The van der Waals surface area contributed by atoms with E-state index in [4.69, 9.17) is 4.74 Å². The van der Waals surface area contributed by atoms with E-state index in [1.54, 1.807) is 42.5 Å². The SMILES string of the molecule is COc1ccccc1NC(=O)c1cccc(NC(=O)CC2SC(N3CCCCC3)=NC2=O)c1. The van der Waals surface area contributed by atoms with Gasteiger partial charge in [-0.25, -0.2) is 0 Å². The fourth-order valence-electron chi connectivity index (χ4n) is 3.79. The van der Waals surface area contributed by atoms with Crippen LogP contribution in [-0.4, -0.2) is 53.2 Å². The van der Waals surface area contributed by atoms with Crippen LogP contribution in [0.1, 0.15) is 36.0 Å². The molecule has 1 fully saturated rings. The Labute approximate surface area is 196 Å². The average molecular weight is 467 g/mol. The van der Waals surface area contributed by atoms with E-state index in [0.717, 1.165) is 31.1 Å². The minimum atomic E-state index is -0.515. The molecule has 3 amide bonds. The molecular weight excluding hydrogens is 440 g/mol. The Morgan fingerprint density at radius 2 is 1.88 bits per heavy atom. The first-order chi connectivity index (χ1) is 16.0. The molecule has 2 aliphatic heterocycles. The predicted octanol–water partition coefficient (Wildman–Crippen LogP) is 3.76. The summed E-state index contributed by atoms with van der Waals surface area (Å²) >= 11 is 1.37. The maximum atomic E-state index is 12.7. The van der Waals surface area contributed by atoms with E-state index in [2.05, 4.69) is 20.5 Å². The second kappa shape index (κ2) is 10.5. The van der Waals surface area contributed by atoms with Gasteiger partial charge in [0, 0.05) is 30.8 Å². The summed E-state index contributed by atoms with van der Waals surface area (Å²) < 4.78 is 5.26. The highest BCUT2D eigenvalue weighted by Gasteiger charge is 2.33. The molecule has 33 heavy (non-hydrogen) atoms. The first-order valence-corrected chi connectivity index (χ1v) is 11.8. The highest BCUT2D eigenvalue weighted by Crippen LogP contribution is 2.29. The highest BCUT2D eigenvalue weighted by atomic mass is 32.2. The molecule has 1 atom stereocenters. The van der Waals surface area contributed by atoms with E-state index < -0.39 is 5.25 Å². The number of amides is 3. The Hall–Kier alpha value is -3.33. The normalized spacial score (nSPS) is 18.0. The van der Waals surface area contributed by atoms with Crippen molar-refractivity contribution in [2.45, 2.75) is 30.9 Å². The number of ether oxygens (including phenoxy) is 1. The molecule has 0 aromatic heterocycles. The summed E-state index contributed by atoms with van der Waals surface area (Å²) in [5.41, 5.74) is 1.43. The molecule has 2 aromatic rings. The third-order valence-corrected chi connectivity index (χ3v) is 6.70. The van der Waals surface area contributed by atoms with Gasteiger partial charge in [-0.1, -0.05) is 30.0 Å². The molecule has 2 N–H and O–H groups in total. The number of carbonyl (C=O) groups is 3. The fraction of sp³-hybridized carbons (Fsp3) is 0.333. The van der Waals surface area contributed by atoms with Crippen molar-refractivity contribution in [3.05, 3.63) is 54.1 Å². The lowest BCUT2D eigenvalue weighted by atomic mass is 10.1. The Balaban J connectivity index is 1.34. The van der Waals surface area contributed by atoms with Crippen molar-refractivity contribution < 1.29 is 19.1 Å². The summed E-state index contributed by atoms with van der Waals surface area (Å²) in [6, 6.07) is 13.8. The van der Waals surface area contributed by atoms with Gasteiger partial charge in [-0.05, 0) is 49.6 Å². The molecular formula is C24H26N4O4S.